The lowest BCUT2D eigenvalue weighted by Crippen LogP contribution is -2.37. The minimum absolute atomic E-state index is 0.0799. The Balaban J connectivity index is 1.87. The van der Waals surface area contributed by atoms with E-state index in [1.807, 2.05) is 13.2 Å². The lowest BCUT2D eigenvalue weighted by atomic mass is 10.2. The maximum atomic E-state index is 12.0. The minimum atomic E-state index is -0.948. The van der Waals surface area contributed by atoms with Crippen molar-refractivity contribution in [1.82, 2.24) is 14.7 Å². The smallest absolute Gasteiger partial charge is 0.323 e. The van der Waals surface area contributed by atoms with Gasteiger partial charge < -0.3 is 10.0 Å². The van der Waals surface area contributed by atoms with Crippen LogP contribution in [0.25, 0.3) is 0 Å². The second kappa shape index (κ2) is 5.20. The predicted octanol–water partition coefficient (Wildman–Crippen LogP) is 0.428. The summed E-state index contributed by atoms with van der Waals surface area (Å²) in [6.45, 7) is -0.184. The molecule has 18 heavy (non-hydrogen) atoms. The van der Waals surface area contributed by atoms with Gasteiger partial charge in [-0.1, -0.05) is 0 Å². The molecule has 0 saturated heterocycles. The summed E-state index contributed by atoms with van der Waals surface area (Å²) in [5.41, 5.74) is 0.997. The highest BCUT2D eigenvalue weighted by Gasteiger charge is 2.33. The molecular weight excluding hydrogens is 234 g/mol. The summed E-state index contributed by atoms with van der Waals surface area (Å²) in [5.74, 6) is -1.03. The number of carbonyl (C=O) groups is 2. The van der Waals surface area contributed by atoms with E-state index >= 15 is 0 Å². The van der Waals surface area contributed by atoms with Crippen LogP contribution in [0.5, 0.6) is 0 Å². The molecule has 0 radical (unpaired) electrons. The molecule has 6 heteroatoms. The zero-order chi connectivity index (χ0) is 13.1. The van der Waals surface area contributed by atoms with Crippen molar-refractivity contribution in [3.05, 3.63) is 18.0 Å². The highest BCUT2D eigenvalue weighted by molar-refractivity contribution is 5.82. The van der Waals surface area contributed by atoms with Gasteiger partial charge >= 0.3 is 5.97 Å². The first-order valence-electron chi connectivity index (χ1n) is 6.05. The van der Waals surface area contributed by atoms with Crippen molar-refractivity contribution in [1.29, 1.82) is 0 Å². The Morgan fingerprint density at radius 3 is 2.78 bits per heavy atom. The number of aryl methyl sites for hydroxylation is 2. The molecule has 1 aliphatic rings. The molecule has 1 N–H and O–H groups in total. The average Bonchev–Trinajstić information content (AvgIpc) is 3.06. The van der Waals surface area contributed by atoms with Crippen molar-refractivity contribution in [2.24, 2.45) is 7.05 Å². The maximum absolute atomic E-state index is 12.0. The lowest BCUT2D eigenvalue weighted by Gasteiger charge is -2.19. The molecule has 1 amide bonds. The van der Waals surface area contributed by atoms with Crippen LogP contribution in [-0.2, 0) is 23.1 Å². The summed E-state index contributed by atoms with van der Waals surface area (Å²) in [6, 6.07) is 0.141. The van der Waals surface area contributed by atoms with E-state index in [2.05, 4.69) is 5.10 Å². The van der Waals surface area contributed by atoms with E-state index in [0.29, 0.717) is 12.8 Å². The van der Waals surface area contributed by atoms with Gasteiger partial charge in [-0.3, -0.25) is 14.3 Å². The predicted molar refractivity (Wildman–Crippen MR) is 63.9 cm³/mol. The summed E-state index contributed by atoms with van der Waals surface area (Å²) in [7, 11) is 1.83. The molecule has 1 aromatic rings. The molecule has 1 aliphatic carbocycles. The zero-order valence-corrected chi connectivity index (χ0v) is 10.4. The van der Waals surface area contributed by atoms with Crippen molar-refractivity contribution >= 4 is 11.9 Å². The number of hydrogen-bond acceptors (Lipinski definition) is 3. The van der Waals surface area contributed by atoms with Crippen LogP contribution in [0, 0.1) is 0 Å². The number of amides is 1. The van der Waals surface area contributed by atoms with Gasteiger partial charge in [0.15, 0.2) is 0 Å². The van der Waals surface area contributed by atoms with Crippen LogP contribution in [-0.4, -0.2) is 44.3 Å². The molecule has 0 spiro atoms. The normalized spacial score (nSPS) is 14.5. The van der Waals surface area contributed by atoms with Crippen molar-refractivity contribution in [3.8, 4) is 0 Å². The van der Waals surface area contributed by atoms with Crippen molar-refractivity contribution in [3.63, 3.8) is 0 Å². The molecule has 0 bridgehead atoms. The molecule has 1 aromatic heterocycles. The van der Waals surface area contributed by atoms with Gasteiger partial charge in [-0.25, -0.2) is 0 Å². The van der Waals surface area contributed by atoms with Crippen LogP contribution < -0.4 is 0 Å². The number of aliphatic carboxylic acids is 1. The lowest BCUT2D eigenvalue weighted by molar-refractivity contribution is -0.144. The first kappa shape index (κ1) is 12.6. The Kier molecular flexibility index (Phi) is 3.64. The summed E-state index contributed by atoms with van der Waals surface area (Å²) in [6.07, 6.45) is 6.39. The number of aromatic nitrogens is 2. The van der Waals surface area contributed by atoms with Gasteiger partial charge in [0.2, 0.25) is 5.91 Å². The fourth-order valence-corrected chi connectivity index (χ4v) is 1.95. The molecule has 0 aromatic carbocycles. The number of nitrogens with zero attached hydrogens (tertiary/aromatic N) is 3. The van der Waals surface area contributed by atoms with E-state index in [-0.39, 0.29) is 18.5 Å². The van der Waals surface area contributed by atoms with Gasteiger partial charge in [0.05, 0.1) is 6.20 Å². The SMILES string of the molecule is Cn1cc(CCC(=O)N(CC(=O)O)C2CC2)cn1. The average molecular weight is 251 g/mol. The molecule has 1 fully saturated rings. The molecule has 6 nitrogen and oxygen atoms in total. The summed E-state index contributed by atoms with van der Waals surface area (Å²) in [4.78, 5) is 24.2. The molecule has 2 rings (SSSR count). The summed E-state index contributed by atoms with van der Waals surface area (Å²) >= 11 is 0. The second-order valence-electron chi connectivity index (χ2n) is 4.67. The van der Waals surface area contributed by atoms with Crippen LogP contribution in [0.2, 0.25) is 0 Å². The molecule has 1 heterocycles. The van der Waals surface area contributed by atoms with Gasteiger partial charge in [0.25, 0.3) is 0 Å². The number of carboxylic acids is 1. The molecule has 1 saturated carbocycles. The molecular formula is C12H17N3O3. The Labute approximate surface area is 105 Å². The first-order valence-corrected chi connectivity index (χ1v) is 6.05. The number of carbonyl (C=O) groups excluding carboxylic acids is 1. The van der Waals surface area contributed by atoms with Crippen molar-refractivity contribution < 1.29 is 14.7 Å². The van der Waals surface area contributed by atoms with E-state index in [1.165, 1.54) is 4.90 Å². The van der Waals surface area contributed by atoms with Gasteiger partial charge in [-0.2, -0.15) is 5.10 Å². The van der Waals surface area contributed by atoms with E-state index in [0.717, 1.165) is 18.4 Å². The Hall–Kier alpha value is -1.85. The topological polar surface area (TPSA) is 75.4 Å². The van der Waals surface area contributed by atoms with Gasteiger partial charge in [-0.05, 0) is 24.8 Å². The molecule has 0 aliphatic heterocycles. The Bertz CT molecular complexity index is 451. The van der Waals surface area contributed by atoms with Crippen LogP contribution in [0.15, 0.2) is 12.4 Å². The largest absolute Gasteiger partial charge is 0.480 e. The fraction of sp³-hybridized carbons (Fsp3) is 0.583. The highest BCUT2D eigenvalue weighted by atomic mass is 16.4. The second-order valence-corrected chi connectivity index (χ2v) is 4.67. The minimum Gasteiger partial charge on any atom is -0.480 e. The molecule has 0 atom stereocenters. The quantitative estimate of drug-likeness (QED) is 0.795. The molecule has 0 unspecified atom stereocenters. The number of rotatable bonds is 6. The van der Waals surface area contributed by atoms with Crippen LogP contribution in [0.4, 0.5) is 0 Å². The molecule has 98 valence electrons. The monoisotopic (exact) mass is 251 g/mol. The zero-order valence-electron chi connectivity index (χ0n) is 10.4. The van der Waals surface area contributed by atoms with E-state index in [1.54, 1.807) is 10.9 Å². The Morgan fingerprint density at radius 2 is 2.28 bits per heavy atom. The van der Waals surface area contributed by atoms with Gasteiger partial charge in [0.1, 0.15) is 6.54 Å². The third kappa shape index (κ3) is 3.32. The van der Waals surface area contributed by atoms with Crippen molar-refractivity contribution in [2.75, 3.05) is 6.54 Å². The number of hydrogen-bond donors (Lipinski definition) is 1. The highest BCUT2D eigenvalue weighted by Crippen LogP contribution is 2.27. The maximum Gasteiger partial charge on any atom is 0.323 e. The van der Waals surface area contributed by atoms with E-state index in [9.17, 15) is 9.59 Å². The first-order chi connectivity index (χ1) is 8.56. The van der Waals surface area contributed by atoms with Crippen molar-refractivity contribution in [2.45, 2.75) is 31.7 Å². The number of carboxylic acid groups (broad SMARTS) is 1. The van der Waals surface area contributed by atoms with Gasteiger partial charge in [-0.15, -0.1) is 0 Å². The summed E-state index contributed by atoms with van der Waals surface area (Å²) < 4.78 is 1.69. The van der Waals surface area contributed by atoms with E-state index < -0.39 is 5.97 Å². The van der Waals surface area contributed by atoms with Crippen LogP contribution in [0.3, 0.4) is 0 Å². The third-order valence-electron chi connectivity index (χ3n) is 3.00. The van der Waals surface area contributed by atoms with E-state index in [4.69, 9.17) is 5.11 Å². The van der Waals surface area contributed by atoms with Crippen LogP contribution >= 0.6 is 0 Å². The third-order valence-corrected chi connectivity index (χ3v) is 3.00. The standard InChI is InChI=1S/C12H17N3O3/c1-14-7-9(6-13-14)2-5-11(16)15(8-12(17)18)10-3-4-10/h6-7,10H,2-5,8H2,1H3,(H,17,18). The van der Waals surface area contributed by atoms with Crippen LogP contribution in [0.1, 0.15) is 24.8 Å². The Morgan fingerprint density at radius 1 is 1.56 bits per heavy atom. The fourth-order valence-electron chi connectivity index (χ4n) is 1.95. The summed E-state index contributed by atoms with van der Waals surface area (Å²) in [5, 5.41) is 12.8. The van der Waals surface area contributed by atoms with Gasteiger partial charge in [0, 0.05) is 25.7 Å².